The van der Waals surface area contributed by atoms with Gasteiger partial charge in [-0.15, -0.1) is 0 Å². The van der Waals surface area contributed by atoms with E-state index >= 15 is 0 Å². The van der Waals surface area contributed by atoms with E-state index in [1.807, 2.05) is 11.0 Å². The number of nitrogens with zero attached hydrogens (tertiary/aromatic N) is 4. The van der Waals surface area contributed by atoms with Crippen LogP contribution in [0.3, 0.4) is 0 Å². The molecule has 1 atom stereocenters. The molecule has 3 aromatic rings. The molecule has 11 heteroatoms. The van der Waals surface area contributed by atoms with Crippen molar-refractivity contribution in [1.29, 1.82) is 5.26 Å². The third kappa shape index (κ3) is 6.78. The fourth-order valence-electron chi connectivity index (χ4n) is 4.76. The lowest BCUT2D eigenvalue weighted by Crippen LogP contribution is -2.51. The van der Waals surface area contributed by atoms with Gasteiger partial charge in [0.2, 0.25) is 5.78 Å². The average Bonchev–Trinajstić information content (AvgIpc) is 3.35. The van der Waals surface area contributed by atoms with Gasteiger partial charge in [-0.3, -0.25) is 9.69 Å². The van der Waals surface area contributed by atoms with Crippen molar-refractivity contribution in [3.8, 4) is 6.07 Å². The van der Waals surface area contributed by atoms with Gasteiger partial charge >= 0.3 is 6.09 Å². The molecule has 1 fully saturated rings. The number of piperazine rings is 1. The minimum Gasteiger partial charge on any atom is -0.444 e. The highest BCUT2D eigenvalue weighted by molar-refractivity contribution is 7.91. The molecule has 1 aromatic heterocycles. The maximum Gasteiger partial charge on any atom is 0.410 e. The molecule has 0 bridgehead atoms. The number of rotatable bonds is 7. The number of nitriles is 1. The molecule has 4 rings (SSSR count). The number of benzene rings is 2. The highest BCUT2D eigenvalue weighted by Gasteiger charge is 2.37. The number of carbonyl (C=O) groups excluding carboxylic acids is 2. The van der Waals surface area contributed by atoms with Crippen LogP contribution in [0.1, 0.15) is 42.2 Å². The Morgan fingerprint density at radius 2 is 1.71 bits per heavy atom. The predicted molar refractivity (Wildman–Crippen MR) is 156 cm³/mol. The Morgan fingerprint density at radius 3 is 2.29 bits per heavy atom. The first-order valence-corrected chi connectivity index (χ1v) is 14.8. The highest BCUT2D eigenvalue weighted by atomic mass is 32.2. The zero-order chi connectivity index (χ0) is 29.9. The summed E-state index contributed by atoms with van der Waals surface area (Å²) in [6.45, 7) is 6.70. The van der Waals surface area contributed by atoms with E-state index in [1.54, 1.807) is 99.3 Å². The molecule has 216 valence electrons. The minimum absolute atomic E-state index is 0.0193. The van der Waals surface area contributed by atoms with Gasteiger partial charge in [0, 0.05) is 57.4 Å². The molecule has 1 saturated heterocycles. The third-order valence-corrected chi connectivity index (χ3v) is 8.68. The number of Topliss-reactive ketones (excluding diaryl/α,β-unsaturated/α-hetero) is 1. The Kier molecular flexibility index (Phi) is 8.56. The fourth-order valence-corrected chi connectivity index (χ4v) is 6.66. The van der Waals surface area contributed by atoms with E-state index < -0.39 is 32.7 Å². The molecule has 0 saturated carbocycles. The summed E-state index contributed by atoms with van der Waals surface area (Å²) in [4.78, 5) is 33.9. The van der Waals surface area contributed by atoms with Crippen LogP contribution >= 0.6 is 0 Å². The van der Waals surface area contributed by atoms with E-state index in [0.29, 0.717) is 42.6 Å². The predicted octanol–water partition coefficient (Wildman–Crippen LogP) is 4.34. The third-order valence-electron chi connectivity index (χ3n) is 6.59. The summed E-state index contributed by atoms with van der Waals surface area (Å²) >= 11 is 0. The van der Waals surface area contributed by atoms with Crippen LogP contribution in [0, 0.1) is 11.3 Å². The van der Waals surface area contributed by atoms with Crippen LogP contribution in [0.2, 0.25) is 0 Å². The summed E-state index contributed by atoms with van der Waals surface area (Å²) in [5, 5.41) is 9.09. The average molecular weight is 578 g/mol. The van der Waals surface area contributed by atoms with E-state index in [2.05, 4.69) is 4.98 Å². The maximum atomic E-state index is 14.1. The molecule has 1 amide bonds. The second kappa shape index (κ2) is 11.8. The van der Waals surface area contributed by atoms with Gasteiger partial charge in [-0.25, -0.2) is 13.2 Å². The number of carbonyl (C=O) groups is 2. The molecule has 10 nitrogen and oxygen atoms in total. The van der Waals surface area contributed by atoms with Crippen molar-refractivity contribution in [1.82, 2.24) is 19.7 Å². The van der Waals surface area contributed by atoms with E-state index in [1.165, 1.54) is 6.20 Å². The monoisotopic (exact) mass is 577 g/mol. The molecule has 41 heavy (non-hydrogen) atoms. The van der Waals surface area contributed by atoms with E-state index in [4.69, 9.17) is 4.74 Å². The van der Waals surface area contributed by atoms with Gasteiger partial charge in [-0.05, 0) is 56.7 Å². The van der Waals surface area contributed by atoms with E-state index in [-0.39, 0.29) is 16.2 Å². The molecule has 0 aliphatic carbocycles. The number of fused-ring (bicyclic) bond motifs is 1. The molecule has 1 N–H and O–H groups in total. The van der Waals surface area contributed by atoms with Crippen LogP contribution in [0.25, 0.3) is 10.9 Å². The number of ether oxygens (including phenoxy) is 1. The molecule has 1 aliphatic heterocycles. The number of hydrogen-bond acceptors (Lipinski definition) is 8. The SMILES string of the molecule is CN(C)C=C(C#N)C(=O)c1cc2cc(C(N3CCN(C(=O)OC(C)(C)C)CC3)S(=O)(=O)c3ccccc3)ccc2[nH]1. The van der Waals surface area contributed by atoms with Crippen LogP contribution < -0.4 is 0 Å². The van der Waals surface area contributed by atoms with Gasteiger partial charge in [-0.2, -0.15) is 5.26 Å². The van der Waals surface area contributed by atoms with Crippen LogP contribution in [0.5, 0.6) is 0 Å². The summed E-state index contributed by atoms with van der Waals surface area (Å²) in [6, 6.07) is 17.1. The van der Waals surface area contributed by atoms with Gasteiger partial charge in [-0.1, -0.05) is 24.3 Å². The first-order valence-electron chi connectivity index (χ1n) is 13.3. The van der Waals surface area contributed by atoms with Gasteiger partial charge in [0.15, 0.2) is 9.84 Å². The topological polar surface area (TPSA) is 127 Å². The number of nitrogens with one attached hydrogen (secondary N) is 1. The zero-order valence-corrected chi connectivity index (χ0v) is 24.7. The number of hydrogen-bond donors (Lipinski definition) is 1. The molecule has 0 spiro atoms. The second-order valence-electron chi connectivity index (χ2n) is 11.2. The van der Waals surface area contributed by atoms with E-state index in [0.717, 1.165) is 0 Å². The van der Waals surface area contributed by atoms with Crippen molar-refractivity contribution in [3.05, 3.63) is 77.6 Å². The smallest absolute Gasteiger partial charge is 0.410 e. The molecule has 2 aromatic carbocycles. The number of aromatic amines is 1. The first kappa shape index (κ1) is 29.8. The quantitative estimate of drug-likeness (QED) is 0.250. The van der Waals surface area contributed by atoms with Crippen molar-refractivity contribution in [3.63, 3.8) is 0 Å². The number of ketones is 1. The molecule has 2 heterocycles. The maximum absolute atomic E-state index is 14.1. The molecular weight excluding hydrogens is 542 g/mol. The summed E-state index contributed by atoms with van der Waals surface area (Å²) in [6.07, 6.45) is 1.03. The van der Waals surface area contributed by atoms with Crippen molar-refractivity contribution in [2.75, 3.05) is 40.3 Å². The van der Waals surface area contributed by atoms with Gasteiger partial charge in [0.25, 0.3) is 0 Å². The zero-order valence-electron chi connectivity index (χ0n) is 23.9. The van der Waals surface area contributed by atoms with Crippen LogP contribution in [0.15, 0.2) is 71.3 Å². The molecule has 0 radical (unpaired) electrons. The van der Waals surface area contributed by atoms with Crippen molar-refractivity contribution >= 4 is 32.6 Å². The van der Waals surface area contributed by atoms with Gasteiger partial charge in [0.05, 0.1) is 10.6 Å². The van der Waals surface area contributed by atoms with Gasteiger partial charge < -0.3 is 19.5 Å². The Labute approximate surface area is 240 Å². The number of sulfone groups is 1. The molecule has 1 unspecified atom stereocenters. The van der Waals surface area contributed by atoms with Crippen LogP contribution in [0.4, 0.5) is 4.79 Å². The fraction of sp³-hybridized carbons (Fsp3) is 0.367. The lowest BCUT2D eigenvalue weighted by atomic mass is 10.1. The summed E-state index contributed by atoms with van der Waals surface area (Å²) in [5.41, 5.74) is 0.768. The number of H-pyrrole nitrogens is 1. The number of amides is 1. The van der Waals surface area contributed by atoms with Crippen molar-refractivity contribution in [2.24, 2.45) is 0 Å². The highest BCUT2D eigenvalue weighted by Crippen LogP contribution is 2.35. The molecular formula is C30H35N5O5S. The number of aromatic nitrogens is 1. The van der Waals surface area contributed by atoms with Crippen LogP contribution in [-0.4, -0.2) is 85.9 Å². The van der Waals surface area contributed by atoms with Crippen LogP contribution in [-0.2, 0) is 14.6 Å². The Hall–Kier alpha value is -4.14. The Balaban J connectivity index is 1.69. The number of allylic oxidation sites excluding steroid dienone is 1. The lowest BCUT2D eigenvalue weighted by molar-refractivity contribution is 0.0133. The summed E-state index contributed by atoms with van der Waals surface area (Å²) in [7, 11) is -0.423. The largest absolute Gasteiger partial charge is 0.444 e. The summed E-state index contributed by atoms with van der Waals surface area (Å²) in [5.74, 6) is -0.453. The van der Waals surface area contributed by atoms with Crippen molar-refractivity contribution < 1.29 is 22.7 Å². The second-order valence-corrected chi connectivity index (χ2v) is 13.2. The minimum atomic E-state index is -3.87. The normalized spacial score (nSPS) is 15.8. The summed E-state index contributed by atoms with van der Waals surface area (Å²) < 4.78 is 33.6. The van der Waals surface area contributed by atoms with Crippen molar-refractivity contribution in [2.45, 2.75) is 36.6 Å². The standard InChI is InChI=1S/C30H35N5O5S/c1-30(2,3)40-29(37)35-15-13-34(14-16-35)28(41(38,39)24-9-7-6-8-10-24)21-11-12-25-22(17-21)18-26(32-25)27(36)23(19-31)20-33(4)5/h6-12,17-18,20,28,32H,13-16H2,1-5H3. The van der Waals surface area contributed by atoms with Gasteiger partial charge in [0.1, 0.15) is 22.6 Å². The van der Waals surface area contributed by atoms with E-state index in [9.17, 15) is 23.3 Å². The Morgan fingerprint density at radius 1 is 1.05 bits per heavy atom. The Bertz CT molecular complexity index is 1610. The first-order chi connectivity index (χ1) is 19.3. The molecule has 1 aliphatic rings. The lowest BCUT2D eigenvalue weighted by Gasteiger charge is -2.39.